The Morgan fingerprint density at radius 2 is 1.22 bits per heavy atom. The van der Waals surface area contributed by atoms with Crippen LogP contribution in [0.25, 0.3) is 0 Å². The minimum absolute atomic E-state index is 0.968. The standard InChI is InChI=1S/C17H26S/c1-11-12(2)14(4)17(15(5)13(11)3)18-10-16-8-6-7-9-16/h16H,6-10H2,1-5H3. The second-order valence-corrected chi connectivity index (χ2v) is 6.95. The molecule has 100 valence electrons. The highest BCUT2D eigenvalue weighted by Crippen LogP contribution is 2.37. The van der Waals surface area contributed by atoms with Crippen LogP contribution in [0.5, 0.6) is 0 Å². The lowest BCUT2D eigenvalue weighted by Gasteiger charge is -2.19. The van der Waals surface area contributed by atoms with Crippen molar-refractivity contribution in [3.05, 3.63) is 27.8 Å². The van der Waals surface area contributed by atoms with Gasteiger partial charge in [0.05, 0.1) is 0 Å². The average Bonchev–Trinajstić information content (AvgIpc) is 2.87. The van der Waals surface area contributed by atoms with Crippen LogP contribution >= 0.6 is 11.8 Å². The van der Waals surface area contributed by atoms with E-state index in [-0.39, 0.29) is 0 Å². The maximum Gasteiger partial charge on any atom is 0.0136 e. The molecular weight excluding hydrogens is 236 g/mol. The number of hydrogen-bond acceptors (Lipinski definition) is 1. The number of benzene rings is 1. The first-order chi connectivity index (χ1) is 8.52. The third-order valence-electron chi connectivity index (χ3n) is 4.87. The molecule has 0 atom stereocenters. The molecule has 0 aliphatic heterocycles. The molecule has 1 aromatic carbocycles. The summed E-state index contributed by atoms with van der Waals surface area (Å²) in [4.78, 5) is 1.56. The SMILES string of the molecule is Cc1c(C)c(C)c(SCC2CCCC2)c(C)c1C. The first-order valence-electron chi connectivity index (χ1n) is 7.22. The fraction of sp³-hybridized carbons (Fsp3) is 0.647. The number of thioether (sulfide) groups is 1. The highest BCUT2D eigenvalue weighted by Gasteiger charge is 2.18. The van der Waals surface area contributed by atoms with Crippen molar-refractivity contribution in [2.24, 2.45) is 5.92 Å². The summed E-state index contributed by atoms with van der Waals surface area (Å²) >= 11 is 2.11. The molecule has 0 amide bonds. The van der Waals surface area contributed by atoms with E-state index in [0.717, 1.165) is 5.92 Å². The molecule has 1 fully saturated rings. The Balaban J connectivity index is 2.21. The molecule has 0 nitrogen and oxygen atoms in total. The minimum Gasteiger partial charge on any atom is -0.125 e. The van der Waals surface area contributed by atoms with Gasteiger partial charge in [0.25, 0.3) is 0 Å². The van der Waals surface area contributed by atoms with Crippen LogP contribution in [0.2, 0.25) is 0 Å². The van der Waals surface area contributed by atoms with E-state index >= 15 is 0 Å². The van der Waals surface area contributed by atoms with E-state index in [0.29, 0.717) is 0 Å². The summed E-state index contributed by atoms with van der Waals surface area (Å²) in [5.41, 5.74) is 7.49. The van der Waals surface area contributed by atoms with Gasteiger partial charge in [-0.05, 0) is 81.2 Å². The van der Waals surface area contributed by atoms with Crippen LogP contribution in [0.3, 0.4) is 0 Å². The largest absolute Gasteiger partial charge is 0.125 e. The molecule has 1 aliphatic carbocycles. The van der Waals surface area contributed by atoms with Crippen molar-refractivity contribution in [1.82, 2.24) is 0 Å². The van der Waals surface area contributed by atoms with E-state index in [1.54, 1.807) is 4.90 Å². The van der Waals surface area contributed by atoms with Crippen LogP contribution in [0.1, 0.15) is 53.5 Å². The van der Waals surface area contributed by atoms with Crippen molar-refractivity contribution >= 4 is 11.8 Å². The monoisotopic (exact) mass is 262 g/mol. The third-order valence-corrected chi connectivity index (χ3v) is 6.41. The molecule has 0 unspecified atom stereocenters. The fourth-order valence-corrected chi connectivity index (χ4v) is 4.54. The van der Waals surface area contributed by atoms with Gasteiger partial charge in [0, 0.05) is 10.6 Å². The predicted octanol–water partition coefficient (Wildman–Crippen LogP) is 5.51. The summed E-state index contributed by atoms with van der Waals surface area (Å²) in [6, 6.07) is 0. The van der Waals surface area contributed by atoms with Crippen LogP contribution in [-0.4, -0.2) is 5.75 Å². The predicted molar refractivity (Wildman–Crippen MR) is 82.8 cm³/mol. The molecule has 1 aromatic rings. The second-order valence-electron chi connectivity index (χ2n) is 5.92. The maximum atomic E-state index is 2.30. The normalized spacial score (nSPS) is 16.5. The summed E-state index contributed by atoms with van der Waals surface area (Å²) in [5, 5.41) is 0. The molecule has 0 spiro atoms. The maximum absolute atomic E-state index is 2.30. The van der Waals surface area contributed by atoms with Gasteiger partial charge in [-0.25, -0.2) is 0 Å². The van der Waals surface area contributed by atoms with Gasteiger partial charge >= 0.3 is 0 Å². The molecule has 0 N–H and O–H groups in total. The molecule has 1 heteroatoms. The third kappa shape index (κ3) is 2.61. The Hall–Kier alpha value is -0.430. The van der Waals surface area contributed by atoms with E-state index in [9.17, 15) is 0 Å². The lowest BCUT2D eigenvalue weighted by Crippen LogP contribution is -2.02. The minimum atomic E-state index is 0.968. The quantitative estimate of drug-likeness (QED) is 0.647. The summed E-state index contributed by atoms with van der Waals surface area (Å²) in [6.07, 6.45) is 5.81. The smallest absolute Gasteiger partial charge is 0.0136 e. The summed E-state index contributed by atoms with van der Waals surface area (Å²) in [6.45, 7) is 11.4. The zero-order valence-electron chi connectivity index (χ0n) is 12.5. The molecule has 0 saturated heterocycles. The van der Waals surface area contributed by atoms with Gasteiger partial charge in [0.2, 0.25) is 0 Å². The molecule has 18 heavy (non-hydrogen) atoms. The van der Waals surface area contributed by atoms with Gasteiger partial charge in [-0.1, -0.05) is 12.8 Å². The van der Waals surface area contributed by atoms with Gasteiger partial charge in [0.1, 0.15) is 0 Å². The highest BCUT2D eigenvalue weighted by molar-refractivity contribution is 7.99. The first-order valence-corrected chi connectivity index (χ1v) is 8.20. The Bertz CT molecular complexity index is 410. The summed E-state index contributed by atoms with van der Waals surface area (Å²) in [7, 11) is 0. The highest BCUT2D eigenvalue weighted by atomic mass is 32.2. The Kier molecular flexibility index (Phi) is 4.42. The van der Waals surface area contributed by atoms with E-state index in [1.165, 1.54) is 59.3 Å². The Morgan fingerprint density at radius 3 is 1.72 bits per heavy atom. The average molecular weight is 262 g/mol. The number of rotatable bonds is 3. The molecule has 0 heterocycles. The molecule has 0 radical (unpaired) electrons. The summed E-state index contributed by atoms with van der Waals surface area (Å²) in [5.74, 6) is 2.29. The van der Waals surface area contributed by atoms with E-state index < -0.39 is 0 Å². The van der Waals surface area contributed by atoms with Crippen molar-refractivity contribution in [2.45, 2.75) is 65.2 Å². The van der Waals surface area contributed by atoms with Crippen molar-refractivity contribution < 1.29 is 0 Å². The van der Waals surface area contributed by atoms with Gasteiger partial charge < -0.3 is 0 Å². The topological polar surface area (TPSA) is 0 Å². The lowest BCUT2D eigenvalue weighted by molar-refractivity contribution is 0.623. The van der Waals surface area contributed by atoms with Gasteiger partial charge in [-0.3, -0.25) is 0 Å². The van der Waals surface area contributed by atoms with Crippen molar-refractivity contribution in [3.8, 4) is 0 Å². The van der Waals surface area contributed by atoms with E-state index in [1.807, 2.05) is 0 Å². The molecule has 0 aromatic heterocycles. The molecule has 2 rings (SSSR count). The Labute approximate surface area is 117 Å². The van der Waals surface area contributed by atoms with Crippen LogP contribution < -0.4 is 0 Å². The van der Waals surface area contributed by atoms with Crippen molar-refractivity contribution in [3.63, 3.8) is 0 Å². The number of hydrogen-bond donors (Lipinski definition) is 0. The molecular formula is C17H26S. The van der Waals surface area contributed by atoms with Crippen molar-refractivity contribution in [1.29, 1.82) is 0 Å². The van der Waals surface area contributed by atoms with Gasteiger partial charge in [0.15, 0.2) is 0 Å². The van der Waals surface area contributed by atoms with E-state index in [4.69, 9.17) is 0 Å². The van der Waals surface area contributed by atoms with Crippen LogP contribution in [0.4, 0.5) is 0 Å². The van der Waals surface area contributed by atoms with Crippen LogP contribution in [0.15, 0.2) is 4.90 Å². The van der Waals surface area contributed by atoms with Gasteiger partial charge in [-0.2, -0.15) is 0 Å². The fourth-order valence-electron chi connectivity index (χ4n) is 3.06. The van der Waals surface area contributed by atoms with Crippen LogP contribution in [-0.2, 0) is 0 Å². The van der Waals surface area contributed by atoms with Gasteiger partial charge in [-0.15, -0.1) is 11.8 Å². The molecule has 1 aliphatic rings. The second kappa shape index (κ2) is 5.69. The van der Waals surface area contributed by atoms with E-state index in [2.05, 4.69) is 46.4 Å². The molecule has 0 bridgehead atoms. The van der Waals surface area contributed by atoms with Crippen LogP contribution in [0, 0.1) is 40.5 Å². The lowest BCUT2D eigenvalue weighted by atomic mass is 9.95. The first kappa shape index (κ1) is 14.0. The zero-order valence-corrected chi connectivity index (χ0v) is 13.3. The van der Waals surface area contributed by atoms with Crippen molar-refractivity contribution in [2.75, 3.05) is 5.75 Å². The zero-order chi connectivity index (χ0) is 13.3. The molecule has 1 saturated carbocycles. The summed E-state index contributed by atoms with van der Waals surface area (Å²) < 4.78 is 0. The Morgan fingerprint density at radius 1 is 0.778 bits per heavy atom.